The zero-order valence-corrected chi connectivity index (χ0v) is 18.1. The largest absolute Gasteiger partial charge is 0.497 e. The molecule has 156 valence electrons. The minimum atomic E-state index is -0.553. The average Bonchev–Trinajstić information content (AvgIpc) is 2.72. The third-order valence-electron chi connectivity index (χ3n) is 5.16. The first-order chi connectivity index (χ1) is 13.8. The van der Waals surface area contributed by atoms with Gasteiger partial charge in [0.25, 0.3) is 0 Å². The Labute approximate surface area is 174 Å². The molecule has 1 atom stereocenters. The zero-order chi connectivity index (χ0) is 21.4. The molecule has 2 aromatic rings. The highest BCUT2D eigenvalue weighted by Crippen LogP contribution is 2.17. The molecule has 0 saturated heterocycles. The summed E-state index contributed by atoms with van der Waals surface area (Å²) in [7, 11) is 1.62. The molecule has 29 heavy (non-hydrogen) atoms. The van der Waals surface area contributed by atoms with Crippen LogP contribution in [0.5, 0.6) is 5.75 Å². The third kappa shape index (κ3) is 6.34. The zero-order valence-electron chi connectivity index (χ0n) is 18.1. The summed E-state index contributed by atoms with van der Waals surface area (Å²) in [4.78, 5) is 27.4. The number of nitrogens with zero attached hydrogens (tertiary/aromatic N) is 1. The van der Waals surface area contributed by atoms with Gasteiger partial charge >= 0.3 is 0 Å². The van der Waals surface area contributed by atoms with Crippen LogP contribution in [-0.4, -0.2) is 36.4 Å². The topological polar surface area (TPSA) is 58.6 Å². The lowest BCUT2D eigenvalue weighted by atomic mass is 10.0. The number of aryl methyl sites for hydroxylation is 2. The monoisotopic (exact) mass is 396 g/mol. The molecule has 0 aliphatic heterocycles. The first-order valence-electron chi connectivity index (χ1n) is 10.1. The van der Waals surface area contributed by atoms with Crippen molar-refractivity contribution in [2.45, 2.75) is 53.1 Å². The Hall–Kier alpha value is -2.82. The summed E-state index contributed by atoms with van der Waals surface area (Å²) in [6, 6.07) is 13.1. The summed E-state index contributed by atoms with van der Waals surface area (Å²) >= 11 is 0. The molecule has 0 aromatic heterocycles. The fourth-order valence-corrected chi connectivity index (χ4v) is 3.10. The van der Waals surface area contributed by atoms with Gasteiger partial charge in [-0.15, -0.1) is 0 Å². The molecule has 0 fully saturated rings. The Kier molecular flexibility index (Phi) is 8.25. The Morgan fingerprint density at radius 2 is 1.69 bits per heavy atom. The van der Waals surface area contributed by atoms with E-state index in [4.69, 9.17) is 4.74 Å². The molecule has 2 aromatic carbocycles. The molecule has 0 aliphatic rings. The normalized spacial score (nSPS) is 11.6. The molecule has 1 N–H and O–H groups in total. The van der Waals surface area contributed by atoms with Crippen LogP contribution in [-0.2, 0) is 22.6 Å². The highest BCUT2D eigenvalue weighted by Gasteiger charge is 2.26. The molecule has 2 amide bonds. The lowest BCUT2D eigenvalue weighted by molar-refractivity contribution is -0.140. The Morgan fingerprint density at radius 3 is 2.28 bits per heavy atom. The highest BCUT2D eigenvalue weighted by atomic mass is 16.5. The van der Waals surface area contributed by atoms with Gasteiger partial charge in [0.1, 0.15) is 11.8 Å². The van der Waals surface area contributed by atoms with Crippen molar-refractivity contribution in [1.82, 2.24) is 10.2 Å². The SMILES string of the molecule is CCCNC(=O)C(C)N(Cc1ccc(OC)cc1)C(=O)Cc1ccc(C)c(C)c1. The lowest BCUT2D eigenvalue weighted by Crippen LogP contribution is -2.48. The number of methoxy groups -OCH3 is 1. The van der Waals surface area contributed by atoms with Gasteiger partial charge in [0.15, 0.2) is 0 Å². The fraction of sp³-hybridized carbons (Fsp3) is 0.417. The number of rotatable bonds is 9. The number of amides is 2. The van der Waals surface area contributed by atoms with Crippen molar-refractivity contribution < 1.29 is 14.3 Å². The number of ether oxygens (including phenoxy) is 1. The van der Waals surface area contributed by atoms with Gasteiger partial charge in [0.05, 0.1) is 13.5 Å². The van der Waals surface area contributed by atoms with E-state index >= 15 is 0 Å². The van der Waals surface area contributed by atoms with Crippen LogP contribution in [0.2, 0.25) is 0 Å². The number of carbonyl (C=O) groups is 2. The predicted octanol–water partition coefficient (Wildman–Crippen LogP) is 3.80. The highest BCUT2D eigenvalue weighted by molar-refractivity contribution is 5.88. The minimum Gasteiger partial charge on any atom is -0.497 e. The van der Waals surface area contributed by atoms with Crippen LogP contribution in [0.15, 0.2) is 42.5 Å². The van der Waals surface area contributed by atoms with E-state index in [1.807, 2.05) is 56.3 Å². The second-order valence-electron chi connectivity index (χ2n) is 7.43. The van der Waals surface area contributed by atoms with Crippen LogP contribution < -0.4 is 10.1 Å². The summed E-state index contributed by atoms with van der Waals surface area (Å²) in [6.07, 6.45) is 1.12. The molecule has 0 aliphatic carbocycles. The van der Waals surface area contributed by atoms with Crippen molar-refractivity contribution >= 4 is 11.8 Å². The average molecular weight is 397 g/mol. The molecule has 0 spiro atoms. The van der Waals surface area contributed by atoms with Crippen LogP contribution in [0.25, 0.3) is 0 Å². The summed E-state index contributed by atoms with van der Waals surface area (Å²) in [6.45, 7) is 8.85. The van der Waals surface area contributed by atoms with Crippen LogP contribution in [0.3, 0.4) is 0 Å². The molecule has 5 heteroatoms. The van der Waals surface area contributed by atoms with E-state index in [-0.39, 0.29) is 18.2 Å². The van der Waals surface area contributed by atoms with Crippen LogP contribution in [0.1, 0.15) is 42.5 Å². The van der Waals surface area contributed by atoms with Crippen molar-refractivity contribution in [3.63, 3.8) is 0 Å². The van der Waals surface area contributed by atoms with E-state index in [0.717, 1.165) is 28.9 Å². The van der Waals surface area contributed by atoms with E-state index in [1.165, 1.54) is 5.56 Å². The second kappa shape index (κ2) is 10.6. The van der Waals surface area contributed by atoms with Gasteiger partial charge in [-0.1, -0.05) is 37.3 Å². The van der Waals surface area contributed by atoms with Gasteiger partial charge < -0.3 is 15.0 Å². The standard InChI is InChI=1S/C24H32N2O3/c1-6-13-25-24(28)19(4)26(16-20-9-11-22(29-5)12-10-20)23(27)15-21-8-7-17(2)18(3)14-21/h7-12,14,19H,6,13,15-16H2,1-5H3,(H,25,28). The first-order valence-corrected chi connectivity index (χ1v) is 10.1. The maximum atomic E-state index is 13.2. The lowest BCUT2D eigenvalue weighted by Gasteiger charge is -2.29. The molecule has 0 heterocycles. The van der Waals surface area contributed by atoms with Gasteiger partial charge in [-0.3, -0.25) is 9.59 Å². The van der Waals surface area contributed by atoms with Crippen molar-refractivity contribution in [3.8, 4) is 5.75 Å². The van der Waals surface area contributed by atoms with E-state index in [2.05, 4.69) is 12.2 Å². The van der Waals surface area contributed by atoms with Crippen LogP contribution in [0.4, 0.5) is 0 Å². The number of hydrogen-bond acceptors (Lipinski definition) is 3. The van der Waals surface area contributed by atoms with Crippen LogP contribution in [0, 0.1) is 13.8 Å². The Balaban J connectivity index is 2.22. The number of benzene rings is 2. The van der Waals surface area contributed by atoms with E-state index < -0.39 is 6.04 Å². The van der Waals surface area contributed by atoms with Gasteiger partial charge in [-0.05, 0) is 61.6 Å². The summed E-state index contributed by atoms with van der Waals surface area (Å²) < 4.78 is 5.21. The fourth-order valence-electron chi connectivity index (χ4n) is 3.10. The van der Waals surface area contributed by atoms with Crippen molar-refractivity contribution in [2.24, 2.45) is 0 Å². The van der Waals surface area contributed by atoms with E-state index in [0.29, 0.717) is 13.1 Å². The second-order valence-corrected chi connectivity index (χ2v) is 7.43. The summed E-state index contributed by atoms with van der Waals surface area (Å²) in [5, 5.41) is 2.90. The smallest absolute Gasteiger partial charge is 0.242 e. The maximum absolute atomic E-state index is 13.2. The maximum Gasteiger partial charge on any atom is 0.242 e. The number of carbonyl (C=O) groups excluding carboxylic acids is 2. The first kappa shape index (κ1) is 22.5. The predicted molar refractivity (Wildman–Crippen MR) is 116 cm³/mol. The Bertz CT molecular complexity index is 831. The van der Waals surface area contributed by atoms with Gasteiger partial charge in [0.2, 0.25) is 11.8 Å². The van der Waals surface area contributed by atoms with Crippen molar-refractivity contribution in [1.29, 1.82) is 0 Å². The number of hydrogen-bond donors (Lipinski definition) is 1. The van der Waals surface area contributed by atoms with Gasteiger partial charge in [-0.25, -0.2) is 0 Å². The molecule has 5 nitrogen and oxygen atoms in total. The molecular formula is C24H32N2O3. The van der Waals surface area contributed by atoms with Gasteiger partial charge in [-0.2, -0.15) is 0 Å². The third-order valence-corrected chi connectivity index (χ3v) is 5.16. The summed E-state index contributed by atoms with van der Waals surface area (Å²) in [5.74, 6) is 0.563. The minimum absolute atomic E-state index is 0.0665. The molecule has 0 bridgehead atoms. The summed E-state index contributed by atoms with van der Waals surface area (Å²) in [5.41, 5.74) is 4.27. The molecule has 0 radical (unpaired) electrons. The molecule has 2 rings (SSSR count). The Morgan fingerprint density at radius 1 is 1.03 bits per heavy atom. The quantitative estimate of drug-likeness (QED) is 0.701. The molecular weight excluding hydrogens is 364 g/mol. The van der Waals surface area contributed by atoms with Crippen molar-refractivity contribution in [3.05, 3.63) is 64.7 Å². The van der Waals surface area contributed by atoms with Gasteiger partial charge in [0, 0.05) is 13.1 Å². The molecule has 0 saturated carbocycles. The van der Waals surface area contributed by atoms with Crippen LogP contribution >= 0.6 is 0 Å². The van der Waals surface area contributed by atoms with Crippen molar-refractivity contribution in [2.75, 3.05) is 13.7 Å². The number of nitrogens with one attached hydrogen (secondary N) is 1. The molecule has 1 unspecified atom stereocenters. The van der Waals surface area contributed by atoms with E-state index in [9.17, 15) is 9.59 Å². The van der Waals surface area contributed by atoms with E-state index in [1.54, 1.807) is 18.9 Å².